The summed E-state index contributed by atoms with van der Waals surface area (Å²) in [7, 11) is 0. The quantitative estimate of drug-likeness (QED) is 0.634. The Morgan fingerprint density at radius 2 is 2.31 bits per heavy atom. The van der Waals surface area contributed by atoms with Gasteiger partial charge in [-0.2, -0.15) is 0 Å². The number of nitrogens with two attached hydrogens (primary N) is 1. The highest BCUT2D eigenvalue weighted by molar-refractivity contribution is 7.20. The van der Waals surface area contributed by atoms with E-state index >= 15 is 0 Å². The molecule has 0 unspecified atom stereocenters. The smallest absolute Gasteiger partial charge is 0.284 e. The van der Waals surface area contributed by atoms with Crippen molar-refractivity contribution in [2.24, 2.45) is 0 Å². The van der Waals surface area contributed by atoms with Gasteiger partial charge in [-0.05, 0) is 36.6 Å². The lowest BCUT2D eigenvalue weighted by atomic mass is 10.2. The maximum Gasteiger partial charge on any atom is 0.284 e. The highest BCUT2D eigenvalue weighted by atomic mass is 32.1. The fourth-order valence-electron chi connectivity index (χ4n) is 1.36. The summed E-state index contributed by atoms with van der Waals surface area (Å²) in [6.07, 6.45) is 0. The fourth-order valence-corrected chi connectivity index (χ4v) is 2.29. The second-order valence-electron chi connectivity index (χ2n) is 3.27. The van der Waals surface area contributed by atoms with Gasteiger partial charge in [0, 0.05) is 10.4 Å². The van der Waals surface area contributed by atoms with E-state index in [9.17, 15) is 4.79 Å². The Morgan fingerprint density at radius 3 is 3.06 bits per heavy atom. The Hall–Kier alpha value is -1.59. The molecule has 0 spiro atoms. The summed E-state index contributed by atoms with van der Waals surface area (Å²) in [5.74, 6) is -0.221. The van der Waals surface area contributed by atoms with Crippen LogP contribution in [0.5, 0.6) is 0 Å². The molecule has 1 amide bonds. The number of benzene rings is 1. The Balaban J connectivity index is 2.28. The van der Waals surface area contributed by atoms with E-state index in [-0.39, 0.29) is 5.91 Å². The number of rotatable bonds is 3. The van der Waals surface area contributed by atoms with E-state index in [1.807, 2.05) is 31.2 Å². The molecule has 0 fully saturated rings. The van der Waals surface area contributed by atoms with Gasteiger partial charge in [-0.3, -0.25) is 9.63 Å². The molecule has 1 aromatic heterocycles. The summed E-state index contributed by atoms with van der Waals surface area (Å²) in [6.45, 7) is 2.26. The molecular weight excluding hydrogens is 224 g/mol. The highest BCUT2D eigenvalue weighted by Crippen LogP contribution is 2.27. The molecule has 3 N–H and O–H groups in total. The molecule has 0 atom stereocenters. The third-order valence-corrected chi connectivity index (χ3v) is 3.19. The van der Waals surface area contributed by atoms with Gasteiger partial charge in [-0.25, -0.2) is 5.48 Å². The first kappa shape index (κ1) is 10.9. The minimum Gasteiger partial charge on any atom is -0.399 e. The molecule has 5 heteroatoms. The maximum absolute atomic E-state index is 11.6. The zero-order valence-electron chi connectivity index (χ0n) is 8.82. The Morgan fingerprint density at radius 1 is 1.50 bits per heavy atom. The zero-order valence-corrected chi connectivity index (χ0v) is 9.64. The SMILES string of the molecule is CCONC(=O)c1cc2cc(N)ccc2s1. The molecule has 4 nitrogen and oxygen atoms in total. The first-order valence-electron chi connectivity index (χ1n) is 4.92. The van der Waals surface area contributed by atoms with Gasteiger partial charge in [0.25, 0.3) is 5.91 Å². The minimum absolute atomic E-state index is 0.221. The number of nitrogen functional groups attached to an aromatic ring is 1. The summed E-state index contributed by atoms with van der Waals surface area (Å²) in [4.78, 5) is 17.1. The topological polar surface area (TPSA) is 64.3 Å². The van der Waals surface area contributed by atoms with Gasteiger partial charge in [0.15, 0.2) is 0 Å². The van der Waals surface area contributed by atoms with Crippen LogP contribution in [0.4, 0.5) is 5.69 Å². The summed E-state index contributed by atoms with van der Waals surface area (Å²) in [6, 6.07) is 7.39. The van der Waals surface area contributed by atoms with Crippen molar-refractivity contribution in [1.29, 1.82) is 0 Å². The van der Waals surface area contributed by atoms with E-state index in [1.54, 1.807) is 0 Å². The van der Waals surface area contributed by atoms with Crippen LogP contribution < -0.4 is 11.2 Å². The van der Waals surface area contributed by atoms with Crippen LogP contribution >= 0.6 is 11.3 Å². The van der Waals surface area contributed by atoms with Crippen LogP contribution in [0, 0.1) is 0 Å². The second-order valence-corrected chi connectivity index (χ2v) is 4.36. The number of fused-ring (bicyclic) bond motifs is 1. The van der Waals surface area contributed by atoms with E-state index in [2.05, 4.69) is 5.48 Å². The standard InChI is InChI=1S/C11H12N2O2S/c1-2-15-13-11(14)10-6-7-5-8(12)3-4-9(7)16-10/h3-6H,2,12H2,1H3,(H,13,14). The zero-order chi connectivity index (χ0) is 11.5. The van der Waals surface area contributed by atoms with Gasteiger partial charge >= 0.3 is 0 Å². The van der Waals surface area contributed by atoms with Gasteiger partial charge in [0.1, 0.15) is 0 Å². The number of amides is 1. The lowest BCUT2D eigenvalue weighted by Gasteiger charge is -1.99. The summed E-state index contributed by atoms with van der Waals surface area (Å²) in [5.41, 5.74) is 8.73. The minimum atomic E-state index is -0.221. The molecule has 2 rings (SSSR count). The predicted molar refractivity (Wildman–Crippen MR) is 65.3 cm³/mol. The van der Waals surface area contributed by atoms with Crippen LogP contribution in [0.2, 0.25) is 0 Å². The number of carbonyl (C=O) groups excluding carboxylic acids is 1. The monoisotopic (exact) mass is 236 g/mol. The molecule has 0 saturated carbocycles. The van der Waals surface area contributed by atoms with Crippen molar-refractivity contribution in [3.05, 3.63) is 29.1 Å². The highest BCUT2D eigenvalue weighted by Gasteiger charge is 2.09. The normalized spacial score (nSPS) is 10.6. The third kappa shape index (κ3) is 2.15. The van der Waals surface area contributed by atoms with Gasteiger partial charge < -0.3 is 5.73 Å². The van der Waals surface area contributed by atoms with Gasteiger partial charge in [0.05, 0.1) is 11.5 Å². The molecule has 0 aliphatic rings. The number of hydrogen-bond acceptors (Lipinski definition) is 4. The largest absolute Gasteiger partial charge is 0.399 e. The van der Waals surface area contributed by atoms with Crippen molar-refractivity contribution in [1.82, 2.24) is 5.48 Å². The molecule has 0 aliphatic heterocycles. The summed E-state index contributed by atoms with van der Waals surface area (Å²) >= 11 is 1.42. The summed E-state index contributed by atoms with van der Waals surface area (Å²) < 4.78 is 1.04. The molecular formula is C11H12N2O2S. The maximum atomic E-state index is 11.6. The van der Waals surface area contributed by atoms with Crippen LogP contribution in [-0.2, 0) is 4.84 Å². The van der Waals surface area contributed by atoms with Crippen LogP contribution in [0.1, 0.15) is 16.6 Å². The summed E-state index contributed by atoms with van der Waals surface area (Å²) in [5, 5.41) is 0.978. The fraction of sp³-hybridized carbons (Fsp3) is 0.182. The average Bonchev–Trinajstić information content (AvgIpc) is 2.68. The Kier molecular flexibility index (Phi) is 3.07. The average molecular weight is 236 g/mol. The number of thiophene rings is 1. The van der Waals surface area contributed by atoms with Crippen molar-refractivity contribution in [3.63, 3.8) is 0 Å². The lowest BCUT2D eigenvalue weighted by molar-refractivity contribution is 0.0368. The number of anilines is 1. The van der Waals surface area contributed by atoms with Gasteiger partial charge in [-0.15, -0.1) is 11.3 Å². The second kappa shape index (κ2) is 4.51. The molecule has 0 aliphatic carbocycles. The molecule has 16 heavy (non-hydrogen) atoms. The van der Waals surface area contributed by atoms with Crippen LogP contribution in [0.15, 0.2) is 24.3 Å². The van der Waals surface area contributed by atoms with E-state index in [0.29, 0.717) is 17.2 Å². The first-order chi connectivity index (χ1) is 7.70. The molecule has 84 valence electrons. The van der Waals surface area contributed by atoms with E-state index < -0.39 is 0 Å². The first-order valence-corrected chi connectivity index (χ1v) is 5.73. The van der Waals surface area contributed by atoms with Crippen molar-refractivity contribution in [2.45, 2.75) is 6.92 Å². The number of hydroxylamine groups is 1. The van der Waals surface area contributed by atoms with Crippen LogP contribution in [-0.4, -0.2) is 12.5 Å². The van der Waals surface area contributed by atoms with Crippen LogP contribution in [0.25, 0.3) is 10.1 Å². The molecule has 0 saturated heterocycles. The number of hydrogen-bond donors (Lipinski definition) is 2. The van der Waals surface area contributed by atoms with E-state index in [0.717, 1.165) is 10.1 Å². The molecule has 1 heterocycles. The number of carbonyl (C=O) groups is 1. The Labute approximate surface area is 97.0 Å². The van der Waals surface area contributed by atoms with Crippen molar-refractivity contribution >= 4 is 33.0 Å². The van der Waals surface area contributed by atoms with Crippen LogP contribution in [0.3, 0.4) is 0 Å². The molecule has 1 aromatic carbocycles. The predicted octanol–water partition coefficient (Wildman–Crippen LogP) is 2.16. The lowest BCUT2D eigenvalue weighted by Crippen LogP contribution is -2.22. The molecule has 0 bridgehead atoms. The van der Waals surface area contributed by atoms with Crippen molar-refractivity contribution in [3.8, 4) is 0 Å². The molecule has 2 aromatic rings. The van der Waals surface area contributed by atoms with Gasteiger partial charge in [0.2, 0.25) is 0 Å². The third-order valence-electron chi connectivity index (χ3n) is 2.07. The number of nitrogens with one attached hydrogen (secondary N) is 1. The van der Waals surface area contributed by atoms with Gasteiger partial charge in [-0.1, -0.05) is 0 Å². The Bertz CT molecular complexity index is 522. The van der Waals surface area contributed by atoms with Crippen molar-refractivity contribution in [2.75, 3.05) is 12.3 Å². The van der Waals surface area contributed by atoms with E-state index in [1.165, 1.54) is 11.3 Å². The van der Waals surface area contributed by atoms with Crippen molar-refractivity contribution < 1.29 is 9.63 Å². The van der Waals surface area contributed by atoms with E-state index in [4.69, 9.17) is 10.6 Å². The molecule has 0 radical (unpaired) electrons.